The van der Waals surface area contributed by atoms with Gasteiger partial charge in [0.15, 0.2) is 5.96 Å². The van der Waals surface area contributed by atoms with Crippen LogP contribution in [-0.2, 0) is 36.2 Å². The molecule has 0 amide bonds. The zero-order chi connectivity index (χ0) is 18.9. The highest BCUT2D eigenvalue weighted by molar-refractivity contribution is 5.79. The molecule has 0 radical (unpaired) electrons. The summed E-state index contributed by atoms with van der Waals surface area (Å²) in [7, 11) is 3.71. The van der Waals surface area contributed by atoms with E-state index in [0.29, 0.717) is 25.8 Å². The van der Waals surface area contributed by atoms with Crippen LogP contribution in [0.2, 0.25) is 0 Å². The van der Waals surface area contributed by atoms with Crippen molar-refractivity contribution in [2.24, 2.45) is 12.0 Å². The molecule has 1 aliphatic heterocycles. The molecule has 3 rings (SSSR count). The summed E-state index contributed by atoms with van der Waals surface area (Å²) >= 11 is 0. The van der Waals surface area contributed by atoms with E-state index in [4.69, 9.17) is 9.47 Å². The Kier molecular flexibility index (Phi) is 7.24. The zero-order valence-corrected chi connectivity index (χ0v) is 16.1. The maximum Gasteiger partial charge on any atom is 0.191 e. The summed E-state index contributed by atoms with van der Waals surface area (Å²) in [4.78, 5) is 4.28. The quantitative estimate of drug-likeness (QED) is 0.575. The number of rotatable bonds is 7. The predicted molar refractivity (Wildman–Crippen MR) is 105 cm³/mol. The van der Waals surface area contributed by atoms with E-state index >= 15 is 0 Å². The van der Waals surface area contributed by atoms with E-state index in [2.05, 4.69) is 45.0 Å². The largest absolute Gasteiger partial charge is 0.381 e. The van der Waals surface area contributed by atoms with Gasteiger partial charge in [-0.05, 0) is 30.0 Å². The molecular weight excluding hydrogens is 342 g/mol. The summed E-state index contributed by atoms with van der Waals surface area (Å²) in [6.45, 7) is 3.64. The normalized spacial score (nSPS) is 15.7. The standard InChI is InChI=1S/C20H29N5O2/c1-21-20(23-14-18-6-9-24-25(18)2)22-13-16-4-3-5-17(12-16)15-27-19-7-10-26-11-8-19/h3-6,9,12,19H,7-8,10-11,13-15H2,1-2H3,(H2,21,22,23). The number of hydrogen-bond donors (Lipinski definition) is 2. The van der Waals surface area contributed by atoms with E-state index in [1.54, 1.807) is 13.2 Å². The van der Waals surface area contributed by atoms with Crippen molar-refractivity contribution >= 4 is 5.96 Å². The summed E-state index contributed by atoms with van der Waals surface area (Å²) in [5.41, 5.74) is 3.50. The molecular formula is C20H29N5O2. The number of nitrogens with one attached hydrogen (secondary N) is 2. The van der Waals surface area contributed by atoms with Crippen molar-refractivity contribution in [3.8, 4) is 0 Å². The number of benzene rings is 1. The van der Waals surface area contributed by atoms with Gasteiger partial charge in [0.2, 0.25) is 0 Å². The van der Waals surface area contributed by atoms with Crippen molar-refractivity contribution in [1.82, 2.24) is 20.4 Å². The van der Waals surface area contributed by atoms with Crippen LogP contribution in [0, 0.1) is 0 Å². The van der Waals surface area contributed by atoms with Crippen molar-refractivity contribution in [2.45, 2.75) is 38.6 Å². The minimum atomic E-state index is 0.315. The van der Waals surface area contributed by atoms with Gasteiger partial charge in [0.25, 0.3) is 0 Å². The molecule has 2 aromatic rings. The van der Waals surface area contributed by atoms with Gasteiger partial charge in [0.1, 0.15) is 0 Å². The number of aliphatic imine (C=N–C) groups is 1. The first kappa shape index (κ1) is 19.4. The van der Waals surface area contributed by atoms with Crippen molar-refractivity contribution in [2.75, 3.05) is 20.3 Å². The highest BCUT2D eigenvalue weighted by atomic mass is 16.5. The van der Waals surface area contributed by atoms with Crippen molar-refractivity contribution in [1.29, 1.82) is 0 Å². The summed E-state index contributed by atoms with van der Waals surface area (Å²) < 4.78 is 13.2. The first-order valence-electron chi connectivity index (χ1n) is 9.43. The molecule has 1 aromatic carbocycles. The number of aromatic nitrogens is 2. The molecule has 7 heteroatoms. The van der Waals surface area contributed by atoms with Crippen LogP contribution in [0.15, 0.2) is 41.5 Å². The third kappa shape index (κ3) is 6.08. The molecule has 7 nitrogen and oxygen atoms in total. The highest BCUT2D eigenvalue weighted by Crippen LogP contribution is 2.14. The van der Waals surface area contributed by atoms with Crippen LogP contribution < -0.4 is 10.6 Å². The average Bonchev–Trinajstić information content (AvgIpc) is 3.12. The fraction of sp³-hybridized carbons (Fsp3) is 0.500. The number of hydrogen-bond acceptors (Lipinski definition) is 4. The average molecular weight is 371 g/mol. The molecule has 2 heterocycles. The SMILES string of the molecule is CN=C(NCc1cccc(COC2CCOCC2)c1)NCc1ccnn1C. The van der Waals surface area contributed by atoms with E-state index in [9.17, 15) is 0 Å². The molecule has 1 saturated heterocycles. The molecule has 146 valence electrons. The second-order valence-corrected chi connectivity index (χ2v) is 6.67. The van der Waals surface area contributed by atoms with Crippen molar-refractivity contribution in [3.05, 3.63) is 53.3 Å². The Morgan fingerprint density at radius 1 is 1.22 bits per heavy atom. The molecule has 0 aliphatic carbocycles. The summed E-state index contributed by atoms with van der Waals surface area (Å²) in [5, 5.41) is 10.8. The first-order chi connectivity index (χ1) is 13.2. The minimum Gasteiger partial charge on any atom is -0.381 e. The van der Waals surface area contributed by atoms with Crippen LogP contribution in [0.1, 0.15) is 29.7 Å². The molecule has 1 aromatic heterocycles. The van der Waals surface area contributed by atoms with E-state index in [1.807, 2.05) is 17.8 Å². The third-order valence-corrected chi connectivity index (χ3v) is 4.69. The van der Waals surface area contributed by atoms with Gasteiger partial charge in [0, 0.05) is 40.1 Å². The van der Waals surface area contributed by atoms with E-state index < -0.39 is 0 Å². The zero-order valence-electron chi connectivity index (χ0n) is 16.1. The Morgan fingerprint density at radius 2 is 2.00 bits per heavy atom. The number of ether oxygens (including phenoxy) is 2. The van der Waals surface area contributed by atoms with Gasteiger partial charge >= 0.3 is 0 Å². The molecule has 0 unspecified atom stereocenters. The molecule has 0 spiro atoms. The topological polar surface area (TPSA) is 72.7 Å². The Hall–Kier alpha value is -2.38. The molecule has 0 saturated carbocycles. The summed E-state index contributed by atoms with van der Waals surface area (Å²) in [5.74, 6) is 0.764. The van der Waals surface area contributed by atoms with E-state index in [0.717, 1.165) is 37.7 Å². The number of guanidine groups is 1. The monoisotopic (exact) mass is 371 g/mol. The highest BCUT2D eigenvalue weighted by Gasteiger charge is 2.14. The second kappa shape index (κ2) is 10.1. The molecule has 2 N–H and O–H groups in total. The second-order valence-electron chi connectivity index (χ2n) is 6.67. The minimum absolute atomic E-state index is 0.315. The summed E-state index contributed by atoms with van der Waals surface area (Å²) in [6.07, 6.45) is 4.08. The van der Waals surface area contributed by atoms with Gasteiger partial charge < -0.3 is 20.1 Å². The van der Waals surface area contributed by atoms with Gasteiger partial charge in [-0.1, -0.05) is 24.3 Å². The fourth-order valence-electron chi connectivity index (χ4n) is 3.04. The third-order valence-electron chi connectivity index (χ3n) is 4.69. The fourth-order valence-corrected chi connectivity index (χ4v) is 3.04. The van der Waals surface area contributed by atoms with Crippen LogP contribution in [0.4, 0.5) is 0 Å². The van der Waals surface area contributed by atoms with Gasteiger partial charge in [-0.2, -0.15) is 5.10 Å². The molecule has 0 bridgehead atoms. The van der Waals surface area contributed by atoms with Gasteiger partial charge in [-0.15, -0.1) is 0 Å². The predicted octanol–water partition coefficient (Wildman–Crippen LogP) is 1.98. The smallest absolute Gasteiger partial charge is 0.191 e. The van der Waals surface area contributed by atoms with E-state index in [1.165, 1.54) is 11.1 Å². The van der Waals surface area contributed by atoms with Crippen molar-refractivity contribution in [3.63, 3.8) is 0 Å². The maximum absolute atomic E-state index is 6.02. The Morgan fingerprint density at radius 3 is 2.74 bits per heavy atom. The van der Waals surface area contributed by atoms with Crippen LogP contribution in [0.5, 0.6) is 0 Å². The lowest BCUT2D eigenvalue weighted by Crippen LogP contribution is -2.36. The van der Waals surface area contributed by atoms with Crippen LogP contribution >= 0.6 is 0 Å². The van der Waals surface area contributed by atoms with Crippen molar-refractivity contribution < 1.29 is 9.47 Å². The molecule has 0 atom stereocenters. The summed E-state index contributed by atoms with van der Waals surface area (Å²) in [6, 6.07) is 10.5. The van der Waals surface area contributed by atoms with Gasteiger partial charge in [-0.3, -0.25) is 9.67 Å². The van der Waals surface area contributed by atoms with Crippen LogP contribution in [0.25, 0.3) is 0 Å². The maximum atomic E-state index is 6.02. The Bertz CT molecular complexity index is 737. The lowest BCUT2D eigenvalue weighted by atomic mass is 10.1. The van der Waals surface area contributed by atoms with E-state index in [-0.39, 0.29) is 0 Å². The molecule has 1 fully saturated rings. The van der Waals surface area contributed by atoms with Gasteiger partial charge in [0.05, 0.1) is 24.9 Å². The molecule has 1 aliphatic rings. The lowest BCUT2D eigenvalue weighted by molar-refractivity contribution is -0.0390. The lowest BCUT2D eigenvalue weighted by Gasteiger charge is -2.22. The Labute approximate surface area is 160 Å². The van der Waals surface area contributed by atoms with Gasteiger partial charge in [-0.25, -0.2) is 0 Å². The number of nitrogens with zero attached hydrogens (tertiary/aromatic N) is 3. The van der Waals surface area contributed by atoms with Crippen LogP contribution in [-0.4, -0.2) is 42.1 Å². The number of aryl methyl sites for hydroxylation is 1. The first-order valence-corrected chi connectivity index (χ1v) is 9.43. The Balaban J connectivity index is 1.45. The molecule has 27 heavy (non-hydrogen) atoms. The van der Waals surface area contributed by atoms with Crippen LogP contribution in [0.3, 0.4) is 0 Å².